The van der Waals surface area contributed by atoms with Crippen molar-refractivity contribution in [2.75, 3.05) is 43.0 Å². The Kier molecular flexibility index (Phi) is 10.4. The molecule has 0 radical (unpaired) electrons. The third-order valence-electron chi connectivity index (χ3n) is 7.80. The number of piperazine rings is 1. The maximum Gasteiger partial charge on any atom is 0.416 e. The molecule has 2 amide bonds. The van der Waals surface area contributed by atoms with E-state index in [-0.39, 0.29) is 84.3 Å². The minimum Gasteiger partial charge on any atom is -0.504 e. The maximum absolute atomic E-state index is 14.0. The lowest BCUT2D eigenvalue weighted by molar-refractivity contribution is -0.138. The number of aromatic hydroxyl groups is 1. The standard InChI is InChI=1S/C31H31ClF3N9O6/c1-4-21-26(41-10-12-42(13-11-41)28(48)25-27(47)17(3)36-16-37-25)29(49)44-30(39-22(40-44)8-9-24(46)50-5-2)43(21)15-23(45)38-20-7-6-18(14-19(20)32)31(33,34)35/h6-9,14,16,47H,4-5,10-13,15H2,1-3H3,(H,38,45)/b9-8+. The number of nitrogens with one attached hydrogen (secondary N) is 1. The Morgan fingerprint density at radius 2 is 1.84 bits per heavy atom. The van der Waals surface area contributed by atoms with Gasteiger partial charge in [0.1, 0.15) is 18.6 Å². The number of rotatable bonds is 9. The van der Waals surface area contributed by atoms with Crippen molar-refractivity contribution in [2.24, 2.45) is 0 Å². The van der Waals surface area contributed by atoms with Crippen molar-refractivity contribution in [3.05, 3.63) is 74.4 Å². The molecule has 264 valence electrons. The number of fused-ring (bicyclic) bond motifs is 1. The van der Waals surface area contributed by atoms with E-state index in [0.717, 1.165) is 22.7 Å². The van der Waals surface area contributed by atoms with Gasteiger partial charge in [0.25, 0.3) is 11.5 Å². The smallest absolute Gasteiger partial charge is 0.416 e. The summed E-state index contributed by atoms with van der Waals surface area (Å²) in [6.45, 7) is 5.28. The molecule has 4 heterocycles. The Labute approximate surface area is 287 Å². The van der Waals surface area contributed by atoms with Crippen LogP contribution in [0, 0.1) is 6.92 Å². The molecular weight excluding hydrogens is 687 g/mol. The van der Waals surface area contributed by atoms with Crippen LogP contribution in [0.2, 0.25) is 5.02 Å². The first kappa shape index (κ1) is 35.8. The molecular formula is C31H31ClF3N9O6. The highest BCUT2D eigenvalue weighted by Gasteiger charge is 2.32. The summed E-state index contributed by atoms with van der Waals surface area (Å²) in [6, 6.07) is 2.52. The molecule has 15 nitrogen and oxygen atoms in total. The highest BCUT2D eigenvalue weighted by Crippen LogP contribution is 2.34. The number of alkyl halides is 3. The second kappa shape index (κ2) is 14.5. The largest absolute Gasteiger partial charge is 0.504 e. The zero-order chi connectivity index (χ0) is 36.3. The van der Waals surface area contributed by atoms with Crippen LogP contribution in [0.5, 0.6) is 5.75 Å². The molecule has 19 heteroatoms. The Hall–Kier alpha value is -5.52. The summed E-state index contributed by atoms with van der Waals surface area (Å²) >= 11 is 6.07. The van der Waals surface area contributed by atoms with Gasteiger partial charge in [0.15, 0.2) is 17.3 Å². The minimum absolute atomic E-state index is 0.0373. The van der Waals surface area contributed by atoms with Gasteiger partial charge in [-0.15, -0.1) is 5.10 Å². The fraction of sp³-hybridized carbons (Fsp3) is 0.355. The van der Waals surface area contributed by atoms with Crippen molar-refractivity contribution in [1.82, 2.24) is 34.0 Å². The van der Waals surface area contributed by atoms with Gasteiger partial charge >= 0.3 is 12.1 Å². The van der Waals surface area contributed by atoms with Gasteiger partial charge in [-0.25, -0.2) is 14.8 Å². The number of halogens is 4. The number of nitrogens with zero attached hydrogens (tertiary/aromatic N) is 8. The van der Waals surface area contributed by atoms with E-state index in [4.69, 9.17) is 16.3 Å². The van der Waals surface area contributed by atoms with E-state index in [1.807, 2.05) is 0 Å². The molecule has 0 aliphatic carbocycles. The molecule has 50 heavy (non-hydrogen) atoms. The van der Waals surface area contributed by atoms with E-state index >= 15 is 0 Å². The Morgan fingerprint density at radius 1 is 1.12 bits per heavy atom. The van der Waals surface area contributed by atoms with Crippen molar-refractivity contribution < 1.29 is 37.4 Å². The number of hydrogen-bond acceptors (Lipinski definition) is 11. The summed E-state index contributed by atoms with van der Waals surface area (Å²) in [5.74, 6) is -2.27. The van der Waals surface area contributed by atoms with E-state index < -0.39 is 41.6 Å². The molecule has 0 spiro atoms. The fourth-order valence-corrected chi connectivity index (χ4v) is 5.61. The summed E-state index contributed by atoms with van der Waals surface area (Å²) in [5, 5.41) is 16.8. The number of benzene rings is 1. The normalized spacial score (nSPS) is 13.7. The predicted octanol–water partition coefficient (Wildman–Crippen LogP) is 3.11. The van der Waals surface area contributed by atoms with Gasteiger partial charge in [-0.3, -0.25) is 14.4 Å². The molecule has 5 rings (SSSR count). The lowest BCUT2D eigenvalue weighted by Gasteiger charge is -2.36. The Bertz CT molecular complexity index is 2060. The van der Waals surface area contributed by atoms with Gasteiger partial charge in [0, 0.05) is 32.3 Å². The molecule has 2 N–H and O–H groups in total. The molecule has 0 atom stereocenters. The van der Waals surface area contributed by atoms with Crippen LogP contribution in [0.1, 0.15) is 47.1 Å². The van der Waals surface area contributed by atoms with Gasteiger partial charge in [0.05, 0.1) is 34.3 Å². The van der Waals surface area contributed by atoms with Crippen molar-refractivity contribution in [2.45, 2.75) is 39.9 Å². The first-order valence-corrected chi connectivity index (χ1v) is 15.7. The van der Waals surface area contributed by atoms with Gasteiger partial charge in [-0.05, 0) is 44.5 Å². The second-order valence-electron chi connectivity index (χ2n) is 11.0. The molecule has 0 bridgehead atoms. The third kappa shape index (κ3) is 7.39. The summed E-state index contributed by atoms with van der Waals surface area (Å²) in [6.07, 6.45) is -0.899. The van der Waals surface area contributed by atoms with Crippen LogP contribution in [-0.4, -0.2) is 89.7 Å². The first-order valence-electron chi connectivity index (χ1n) is 15.3. The third-order valence-corrected chi connectivity index (χ3v) is 8.11. The van der Waals surface area contributed by atoms with E-state index in [1.54, 1.807) is 25.7 Å². The van der Waals surface area contributed by atoms with Crippen molar-refractivity contribution >= 4 is 52.6 Å². The van der Waals surface area contributed by atoms with Gasteiger partial charge in [0.2, 0.25) is 11.7 Å². The number of carbonyl (C=O) groups is 3. The van der Waals surface area contributed by atoms with Gasteiger partial charge < -0.3 is 29.5 Å². The monoisotopic (exact) mass is 717 g/mol. The van der Waals surface area contributed by atoms with Crippen LogP contribution >= 0.6 is 11.6 Å². The molecule has 1 aliphatic heterocycles. The number of aryl methyl sites for hydroxylation is 1. The topological polar surface area (TPSA) is 177 Å². The zero-order valence-electron chi connectivity index (χ0n) is 27.0. The second-order valence-corrected chi connectivity index (χ2v) is 11.4. The first-order chi connectivity index (χ1) is 23.7. The van der Waals surface area contributed by atoms with Gasteiger partial charge in [-0.1, -0.05) is 18.5 Å². The van der Waals surface area contributed by atoms with Crippen molar-refractivity contribution in [1.29, 1.82) is 0 Å². The van der Waals surface area contributed by atoms with E-state index in [1.165, 1.54) is 21.9 Å². The number of hydrogen-bond donors (Lipinski definition) is 2. The lowest BCUT2D eigenvalue weighted by Crippen LogP contribution is -2.51. The average Bonchev–Trinajstić information content (AvgIpc) is 3.51. The van der Waals surface area contributed by atoms with Crippen LogP contribution in [0.25, 0.3) is 11.9 Å². The van der Waals surface area contributed by atoms with Crippen LogP contribution in [0.3, 0.4) is 0 Å². The summed E-state index contributed by atoms with van der Waals surface area (Å²) in [5.41, 5.74) is -0.964. The molecule has 3 aromatic heterocycles. The number of carbonyl (C=O) groups excluding carboxylic acids is 3. The van der Waals surface area contributed by atoms with Crippen LogP contribution in [-0.2, 0) is 33.5 Å². The molecule has 1 aromatic carbocycles. The molecule has 0 unspecified atom stereocenters. The van der Waals surface area contributed by atoms with Crippen LogP contribution in [0.15, 0.2) is 35.4 Å². The average molecular weight is 718 g/mol. The molecule has 1 aliphatic rings. The zero-order valence-corrected chi connectivity index (χ0v) is 27.7. The van der Waals surface area contributed by atoms with E-state index in [0.29, 0.717) is 11.8 Å². The minimum atomic E-state index is -4.64. The number of esters is 1. The van der Waals surface area contributed by atoms with Crippen molar-refractivity contribution in [3.63, 3.8) is 0 Å². The molecule has 1 saturated heterocycles. The fourth-order valence-electron chi connectivity index (χ4n) is 5.38. The number of ether oxygens (including phenoxy) is 1. The molecule has 4 aromatic rings. The number of amides is 2. The lowest BCUT2D eigenvalue weighted by atomic mass is 10.2. The predicted molar refractivity (Wildman–Crippen MR) is 174 cm³/mol. The van der Waals surface area contributed by atoms with Gasteiger partial charge in [-0.2, -0.15) is 22.7 Å². The highest BCUT2D eigenvalue weighted by molar-refractivity contribution is 6.33. The molecule has 1 fully saturated rings. The van der Waals surface area contributed by atoms with Crippen LogP contribution in [0.4, 0.5) is 24.5 Å². The SMILES string of the molecule is CCOC(=O)/C=C/c1nc2n(CC(=O)Nc3ccc(C(F)(F)F)cc3Cl)c(CC)c(N3CCN(C(=O)c4ncnc(C)c4O)CC3)c(=O)n2n1. The maximum atomic E-state index is 14.0. The Morgan fingerprint density at radius 3 is 2.48 bits per heavy atom. The highest BCUT2D eigenvalue weighted by atomic mass is 35.5. The van der Waals surface area contributed by atoms with E-state index in [9.17, 15) is 37.5 Å². The summed E-state index contributed by atoms with van der Waals surface area (Å²) < 4.78 is 46.8. The summed E-state index contributed by atoms with van der Waals surface area (Å²) in [4.78, 5) is 67.9. The number of aromatic nitrogens is 6. The van der Waals surface area contributed by atoms with E-state index in [2.05, 4.69) is 25.4 Å². The quantitative estimate of drug-likeness (QED) is 0.192. The van der Waals surface area contributed by atoms with Crippen molar-refractivity contribution in [3.8, 4) is 5.75 Å². The number of anilines is 2. The summed E-state index contributed by atoms with van der Waals surface area (Å²) in [7, 11) is 0. The van der Waals surface area contributed by atoms with Crippen LogP contribution < -0.4 is 15.8 Å². The Balaban J connectivity index is 1.50. The molecule has 0 saturated carbocycles.